The molecule has 4 heteroatoms. The first-order valence-corrected chi connectivity index (χ1v) is 6.68. The van der Waals surface area contributed by atoms with Crippen molar-refractivity contribution in [3.63, 3.8) is 0 Å². The van der Waals surface area contributed by atoms with Crippen LogP contribution in [-0.2, 0) is 0 Å². The van der Waals surface area contributed by atoms with Crippen molar-refractivity contribution >= 4 is 26.7 Å². The predicted molar refractivity (Wildman–Crippen MR) is 78.5 cm³/mol. The first-order valence-electron chi connectivity index (χ1n) is 5.89. The highest BCUT2D eigenvalue weighted by molar-refractivity contribution is 9.10. The number of nitrogens with zero attached hydrogens (tertiary/aromatic N) is 2. The summed E-state index contributed by atoms with van der Waals surface area (Å²) < 4.78 is 6.59. The topological polar surface area (TPSA) is 35.0 Å². The third-order valence-electron chi connectivity index (χ3n) is 2.75. The highest BCUT2D eigenvalue weighted by atomic mass is 79.9. The Bertz CT molecular complexity index is 718. The summed E-state index contributed by atoms with van der Waals surface area (Å²) in [6.45, 7) is 1.83. The lowest BCUT2D eigenvalue weighted by atomic mass is 10.1. The molecule has 3 nitrogen and oxygen atoms in total. The van der Waals surface area contributed by atoms with E-state index in [4.69, 9.17) is 4.74 Å². The lowest BCUT2D eigenvalue weighted by Crippen LogP contribution is -1.93. The number of aryl methyl sites for hydroxylation is 1. The fourth-order valence-corrected chi connectivity index (χ4v) is 2.41. The molecule has 0 bridgehead atoms. The Balaban J connectivity index is 2.05. The maximum Gasteiger partial charge on any atom is 0.223 e. The van der Waals surface area contributed by atoms with Crippen molar-refractivity contribution in [2.45, 2.75) is 6.92 Å². The number of hydrogen-bond acceptors (Lipinski definition) is 3. The molecule has 0 radical (unpaired) electrons. The van der Waals surface area contributed by atoms with E-state index in [9.17, 15) is 0 Å². The van der Waals surface area contributed by atoms with Crippen LogP contribution >= 0.6 is 15.9 Å². The molecule has 1 aromatic heterocycles. The molecule has 0 saturated heterocycles. The van der Waals surface area contributed by atoms with E-state index in [1.165, 1.54) is 0 Å². The van der Waals surface area contributed by atoms with Gasteiger partial charge in [0.25, 0.3) is 0 Å². The summed E-state index contributed by atoms with van der Waals surface area (Å²) in [5.41, 5.74) is 0. The zero-order chi connectivity index (χ0) is 13.2. The maximum atomic E-state index is 5.87. The zero-order valence-electron chi connectivity index (χ0n) is 10.3. The largest absolute Gasteiger partial charge is 0.438 e. The molecule has 0 unspecified atom stereocenters. The molecule has 2 aromatic carbocycles. The van der Waals surface area contributed by atoms with E-state index in [-0.39, 0.29) is 0 Å². The summed E-state index contributed by atoms with van der Waals surface area (Å²) >= 11 is 3.34. The average Bonchev–Trinajstić information content (AvgIpc) is 2.38. The second-order valence-corrected chi connectivity index (χ2v) is 4.97. The summed E-state index contributed by atoms with van der Waals surface area (Å²) in [7, 11) is 0. The second kappa shape index (κ2) is 4.97. The minimum absolute atomic E-state index is 0.538. The van der Waals surface area contributed by atoms with Gasteiger partial charge in [0.05, 0.1) is 0 Å². The van der Waals surface area contributed by atoms with Crippen molar-refractivity contribution in [3.8, 4) is 11.6 Å². The van der Waals surface area contributed by atoms with E-state index < -0.39 is 0 Å². The Kier molecular flexibility index (Phi) is 3.17. The average molecular weight is 315 g/mol. The summed E-state index contributed by atoms with van der Waals surface area (Å²) in [4.78, 5) is 8.44. The van der Waals surface area contributed by atoms with Crippen LogP contribution in [-0.4, -0.2) is 9.97 Å². The van der Waals surface area contributed by atoms with E-state index in [0.29, 0.717) is 11.7 Å². The fourth-order valence-electron chi connectivity index (χ4n) is 1.96. The van der Waals surface area contributed by atoms with E-state index >= 15 is 0 Å². The quantitative estimate of drug-likeness (QED) is 0.653. The molecule has 0 aliphatic carbocycles. The molecule has 0 amide bonds. The number of aromatic nitrogens is 2. The molecular weight excluding hydrogens is 304 g/mol. The van der Waals surface area contributed by atoms with Gasteiger partial charge in [-0.05, 0) is 34.3 Å². The van der Waals surface area contributed by atoms with Crippen molar-refractivity contribution in [1.29, 1.82) is 0 Å². The van der Waals surface area contributed by atoms with Crippen LogP contribution in [0.2, 0.25) is 0 Å². The Hall–Kier alpha value is -1.94. The number of benzene rings is 2. The molecule has 0 fully saturated rings. The second-order valence-electron chi connectivity index (χ2n) is 4.16. The van der Waals surface area contributed by atoms with Crippen LogP contribution in [0.3, 0.4) is 0 Å². The summed E-state index contributed by atoms with van der Waals surface area (Å²) in [6.07, 6.45) is 0. The molecule has 94 valence electrons. The van der Waals surface area contributed by atoms with E-state index in [0.717, 1.165) is 21.1 Å². The van der Waals surface area contributed by atoms with Gasteiger partial charge in [0.2, 0.25) is 5.88 Å². The summed E-state index contributed by atoms with van der Waals surface area (Å²) in [5, 5.41) is 2.21. The molecule has 19 heavy (non-hydrogen) atoms. The molecule has 0 aliphatic heterocycles. The normalized spacial score (nSPS) is 10.6. The number of hydrogen-bond donors (Lipinski definition) is 0. The molecule has 0 aliphatic rings. The van der Waals surface area contributed by atoms with Gasteiger partial charge in [0, 0.05) is 11.5 Å². The SMILES string of the molecule is Cc1nc(Br)cc(Oc2cccc3ccccc23)n1. The van der Waals surface area contributed by atoms with Crippen LogP contribution in [0.15, 0.2) is 53.1 Å². The Morgan fingerprint density at radius 2 is 1.79 bits per heavy atom. The lowest BCUT2D eigenvalue weighted by molar-refractivity contribution is 0.464. The van der Waals surface area contributed by atoms with Crippen LogP contribution in [0.1, 0.15) is 5.82 Å². The number of ether oxygens (including phenoxy) is 1. The molecule has 0 spiro atoms. The van der Waals surface area contributed by atoms with Crippen molar-refractivity contribution in [2.24, 2.45) is 0 Å². The van der Waals surface area contributed by atoms with Gasteiger partial charge in [0.1, 0.15) is 16.2 Å². The first kappa shape index (κ1) is 12.1. The van der Waals surface area contributed by atoms with Crippen molar-refractivity contribution in [3.05, 3.63) is 59.0 Å². The van der Waals surface area contributed by atoms with Crippen molar-refractivity contribution in [2.75, 3.05) is 0 Å². The zero-order valence-corrected chi connectivity index (χ0v) is 11.9. The smallest absolute Gasteiger partial charge is 0.223 e. The third-order valence-corrected chi connectivity index (χ3v) is 3.15. The number of rotatable bonds is 2. The molecule has 3 aromatic rings. The Morgan fingerprint density at radius 3 is 2.63 bits per heavy atom. The van der Waals surface area contributed by atoms with Crippen molar-refractivity contribution in [1.82, 2.24) is 9.97 Å². The van der Waals surface area contributed by atoms with Gasteiger partial charge in [-0.1, -0.05) is 36.4 Å². The summed E-state index contributed by atoms with van der Waals surface area (Å²) in [5.74, 6) is 2.00. The molecule has 3 rings (SSSR count). The number of fused-ring (bicyclic) bond motifs is 1. The van der Waals surface area contributed by atoms with Crippen LogP contribution in [0, 0.1) is 6.92 Å². The van der Waals surface area contributed by atoms with Crippen LogP contribution in [0.4, 0.5) is 0 Å². The lowest BCUT2D eigenvalue weighted by Gasteiger charge is -2.08. The summed E-state index contributed by atoms with van der Waals surface area (Å²) in [6, 6.07) is 15.8. The highest BCUT2D eigenvalue weighted by Crippen LogP contribution is 2.29. The Morgan fingerprint density at radius 1 is 1.00 bits per heavy atom. The standard InChI is InChI=1S/C15H11BrN2O/c1-10-17-14(16)9-15(18-10)19-13-8-4-6-11-5-2-3-7-12(11)13/h2-9H,1H3. The van der Waals surface area contributed by atoms with Gasteiger partial charge in [-0.25, -0.2) is 4.98 Å². The van der Waals surface area contributed by atoms with E-state index in [1.807, 2.05) is 37.3 Å². The number of halogens is 1. The van der Waals surface area contributed by atoms with Crippen LogP contribution in [0.25, 0.3) is 10.8 Å². The molecule has 0 N–H and O–H groups in total. The fraction of sp³-hybridized carbons (Fsp3) is 0.0667. The first-order chi connectivity index (χ1) is 9.22. The highest BCUT2D eigenvalue weighted by Gasteiger charge is 2.05. The molecular formula is C15H11BrN2O. The monoisotopic (exact) mass is 314 g/mol. The van der Waals surface area contributed by atoms with Crippen LogP contribution < -0.4 is 4.74 Å². The van der Waals surface area contributed by atoms with Gasteiger partial charge in [0.15, 0.2) is 0 Å². The third kappa shape index (κ3) is 2.58. The van der Waals surface area contributed by atoms with Gasteiger partial charge in [-0.15, -0.1) is 0 Å². The molecule has 0 atom stereocenters. The predicted octanol–water partition coefficient (Wildman–Crippen LogP) is 4.49. The van der Waals surface area contributed by atoms with Gasteiger partial charge in [-0.2, -0.15) is 4.98 Å². The van der Waals surface area contributed by atoms with E-state index in [2.05, 4.69) is 38.0 Å². The minimum Gasteiger partial charge on any atom is -0.438 e. The van der Waals surface area contributed by atoms with Gasteiger partial charge >= 0.3 is 0 Å². The Labute approximate surface area is 119 Å². The molecule has 1 heterocycles. The van der Waals surface area contributed by atoms with E-state index in [1.54, 1.807) is 6.07 Å². The molecule has 0 saturated carbocycles. The minimum atomic E-state index is 0.538. The van der Waals surface area contributed by atoms with Crippen LogP contribution in [0.5, 0.6) is 11.6 Å². The van der Waals surface area contributed by atoms with Crippen molar-refractivity contribution < 1.29 is 4.74 Å². The maximum absolute atomic E-state index is 5.87. The van der Waals surface area contributed by atoms with Gasteiger partial charge < -0.3 is 4.74 Å². The van der Waals surface area contributed by atoms with Gasteiger partial charge in [-0.3, -0.25) is 0 Å².